The van der Waals surface area contributed by atoms with Crippen LogP contribution < -0.4 is 10.2 Å². The van der Waals surface area contributed by atoms with Crippen LogP contribution in [0.15, 0.2) is 75.7 Å². The van der Waals surface area contributed by atoms with Gasteiger partial charge < -0.3 is 14.6 Å². The zero-order chi connectivity index (χ0) is 20.5. The van der Waals surface area contributed by atoms with Gasteiger partial charge in [0.2, 0.25) is 0 Å². The fraction of sp³-hybridized carbons (Fsp3) is 0.0909. The van der Waals surface area contributed by atoms with Gasteiger partial charge in [0.25, 0.3) is 5.91 Å². The number of hydrogen-bond donors (Lipinski definition) is 2. The molecule has 0 bridgehead atoms. The Hall–Kier alpha value is -3.14. The highest BCUT2D eigenvalue weighted by Crippen LogP contribution is 2.37. The van der Waals surface area contributed by atoms with Gasteiger partial charge in [0.15, 0.2) is 6.17 Å². The van der Waals surface area contributed by atoms with Crippen LogP contribution in [0.2, 0.25) is 5.02 Å². The first-order valence-corrected chi connectivity index (χ1v) is 9.66. The Morgan fingerprint density at radius 1 is 1.17 bits per heavy atom. The minimum absolute atomic E-state index is 0.0493. The molecular formula is C22H16ClN3O2S. The number of anilines is 1. The Morgan fingerprint density at radius 3 is 2.62 bits per heavy atom. The van der Waals surface area contributed by atoms with Gasteiger partial charge >= 0.3 is 0 Å². The molecule has 1 aromatic heterocycles. The second-order valence-electron chi connectivity index (χ2n) is 6.60. The molecule has 0 radical (unpaired) electrons. The molecule has 5 nitrogen and oxygen atoms in total. The van der Waals surface area contributed by atoms with Gasteiger partial charge in [-0.3, -0.25) is 4.79 Å². The number of benzene rings is 2. The molecule has 7 heteroatoms. The molecule has 2 aromatic carbocycles. The molecular weight excluding hydrogens is 406 g/mol. The van der Waals surface area contributed by atoms with Crippen LogP contribution in [0.3, 0.4) is 0 Å². The zero-order valence-electron chi connectivity index (χ0n) is 15.4. The summed E-state index contributed by atoms with van der Waals surface area (Å²) in [6.45, 7) is 1.99. The molecule has 1 unspecified atom stereocenters. The van der Waals surface area contributed by atoms with E-state index in [1.54, 1.807) is 23.1 Å². The molecule has 2 heterocycles. The fourth-order valence-corrected chi connectivity index (χ4v) is 3.75. The van der Waals surface area contributed by atoms with Crippen LogP contribution in [0, 0.1) is 18.3 Å². The lowest BCUT2D eigenvalue weighted by Crippen LogP contribution is -2.45. The number of aryl methyl sites for hydroxylation is 1. The Balaban J connectivity index is 1.79. The smallest absolute Gasteiger partial charge is 0.266 e. The largest absolute Gasteiger partial charge is 0.457 e. The van der Waals surface area contributed by atoms with E-state index < -0.39 is 12.1 Å². The van der Waals surface area contributed by atoms with Crippen molar-refractivity contribution in [3.63, 3.8) is 0 Å². The molecule has 1 atom stereocenters. The first kappa shape index (κ1) is 19.2. The van der Waals surface area contributed by atoms with Crippen molar-refractivity contribution in [3.8, 4) is 17.4 Å². The summed E-state index contributed by atoms with van der Waals surface area (Å²) >= 11 is 10.6. The number of carbonyl (C=O) groups excluding carboxylic acids is 1. The van der Waals surface area contributed by atoms with Crippen molar-refractivity contribution in [1.29, 1.82) is 5.26 Å². The molecule has 0 saturated heterocycles. The summed E-state index contributed by atoms with van der Waals surface area (Å²) in [5.41, 5.74) is 2.65. The van der Waals surface area contributed by atoms with Crippen molar-refractivity contribution in [2.45, 2.75) is 13.1 Å². The van der Waals surface area contributed by atoms with Crippen LogP contribution in [0.25, 0.3) is 11.3 Å². The van der Waals surface area contributed by atoms with E-state index in [1.165, 1.54) is 0 Å². The van der Waals surface area contributed by atoms with Gasteiger partial charge in [0.1, 0.15) is 23.2 Å². The predicted molar refractivity (Wildman–Crippen MR) is 115 cm³/mol. The summed E-state index contributed by atoms with van der Waals surface area (Å²) in [7, 11) is 0. The van der Waals surface area contributed by atoms with Crippen molar-refractivity contribution < 1.29 is 9.21 Å². The summed E-state index contributed by atoms with van der Waals surface area (Å²) < 4.78 is 6.05. The monoisotopic (exact) mass is 421 g/mol. The lowest BCUT2D eigenvalue weighted by Gasteiger charge is -2.36. The third-order valence-electron chi connectivity index (χ3n) is 4.63. The molecule has 1 N–H and O–H groups in total. The first-order chi connectivity index (χ1) is 14.0. The summed E-state index contributed by atoms with van der Waals surface area (Å²) in [4.78, 5) is 14.2. The minimum Gasteiger partial charge on any atom is -0.457 e. The molecule has 1 amide bonds. The maximum atomic E-state index is 12.4. The van der Waals surface area contributed by atoms with E-state index in [1.807, 2.05) is 55.5 Å². The van der Waals surface area contributed by atoms with Crippen LogP contribution >= 0.6 is 24.2 Å². The Morgan fingerprint density at radius 2 is 1.93 bits per heavy atom. The van der Waals surface area contributed by atoms with Crippen molar-refractivity contribution in [2.75, 3.05) is 4.90 Å². The topological polar surface area (TPSA) is 69.3 Å². The average Bonchev–Trinajstić information content (AvgIpc) is 3.19. The van der Waals surface area contributed by atoms with Crippen LogP contribution in [0.1, 0.15) is 17.5 Å². The number of carbonyl (C=O) groups is 1. The van der Waals surface area contributed by atoms with E-state index >= 15 is 0 Å². The Labute approximate surface area is 178 Å². The SMILES string of the molecule is Cc1ccc(N2C(S)=C(C#N)C(=O)NC2c2ccc(-c3cccc(Cl)c3)o2)cc1. The fourth-order valence-electron chi connectivity index (χ4n) is 3.18. The number of halogens is 1. The standard InChI is InChI=1S/C22H16ClN3O2S/c1-13-5-7-16(8-6-13)26-20(25-21(27)17(12-24)22(26)29)19-10-9-18(28-19)14-3-2-4-15(23)11-14/h2-11,20,29H,1H3,(H,25,27). The van der Waals surface area contributed by atoms with Gasteiger partial charge in [-0.05, 0) is 43.3 Å². The number of nitrogens with one attached hydrogen (secondary N) is 1. The highest BCUT2D eigenvalue weighted by molar-refractivity contribution is 7.84. The molecule has 0 spiro atoms. The molecule has 0 saturated carbocycles. The number of furan rings is 1. The lowest BCUT2D eigenvalue weighted by molar-refractivity contribution is -0.118. The van der Waals surface area contributed by atoms with Crippen LogP contribution in [-0.2, 0) is 4.79 Å². The third kappa shape index (κ3) is 3.63. The van der Waals surface area contributed by atoms with Crippen LogP contribution in [0.5, 0.6) is 0 Å². The van der Waals surface area contributed by atoms with Gasteiger partial charge in [-0.2, -0.15) is 5.26 Å². The molecule has 144 valence electrons. The van der Waals surface area contributed by atoms with Gasteiger partial charge in [0, 0.05) is 16.3 Å². The lowest BCUT2D eigenvalue weighted by atomic mass is 10.1. The summed E-state index contributed by atoms with van der Waals surface area (Å²) in [5, 5.41) is 13.1. The second-order valence-corrected chi connectivity index (χ2v) is 7.46. The minimum atomic E-state index is -0.650. The predicted octanol–water partition coefficient (Wildman–Crippen LogP) is 5.21. The number of nitriles is 1. The first-order valence-electron chi connectivity index (χ1n) is 8.83. The molecule has 1 aliphatic rings. The maximum absolute atomic E-state index is 12.4. The van der Waals surface area contributed by atoms with E-state index in [9.17, 15) is 10.1 Å². The second kappa shape index (κ2) is 7.70. The van der Waals surface area contributed by atoms with Crippen LogP contribution in [-0.4, -0.2) is 5.91 Å². The van der Waals surface area contributed by atoms with Crippen molar-refractivity contribution in [3.05, 3.63) is 87.6 Å². The van der Waals surface area contributed by atoms with E-state index in [-0.39, 0.29) is 10.6 Å². The number of thiol groups is 1. The van der Waals surface area contributed by atoms with Gasteiger partial charge in [-0.25, -0.2) is 0 Å². The van der Waals surface area contributed by atoms with Crippen molar-refractivity contribution >= 4 is 35.8 Å². The highest BCUT2D eigenvalue weighted by atomic mass is 35.5. The molecule has 1 aliphatic heterocycles. The van der Waals surface area contributed by atoms with Crippen molar-refractivity contribution in [2.24, 2.45) is 0 Å². The normalized spacial score (nSPS) is 16.6. The maximum Gasteiger partial charge on any atom is 0.266 e. The van der Waals surface area contributed by atoms with Gasteiger partial charge in [0.05, 0.1) is 5.03 Å². The average molecular weight is 422 g/mol. The molecule has 29 heavy (non-hydrogen) atoms. The van der Waals surface area contributed by atoms with E-state index in [0.29, 0.717) is 16.5 Å². The van der Waals surface area contributed by atoms with Gasteiger partial charge in [-0.15, -0.1) is 12.6 Å². The molecule has 0 aliphatic carbocycles. The highest BCUT2D eigenvalue weighted by Gasteiger charge is 2.35. The van der Waals surface area contributed by atoms with Gasteiger partial charge in [-0.1, -0.05) is 41.4 Å². The van der Waals surface area contributed by atoms with Crippen molar-refractivity contribution in [1.82, 2.24) is 5.32 Å². The summed E-state index contributed by atoms with van der Waals surface area (Å²) in [6.07, 6.45) is -0.650. The van der Waals surface area contributed by atoms with E-state index in [0.717, 1.165) is 16.8 Å². The van der Waals surface area contributed by atoms with E-state index in [2.05, 4.69) is 17.9 Å². The Bertz CT molecular complexity index is 1160. The number of amides is 1. The number of nitrogens with zero attached hydrogens (tertiary/aromatic N) is 2. The number of rotatable bonds is 3. The van der Waals surface area contributed by atoms with Crippen LogP contribution in [0.4, 0.5) is 5.69 Å². The number of hydrogen-bond acceptors (Lipinski definition) is 5. The summed E-state index contributed by atoms with van der Waals surface area (Å²) in [5.74, 6) is 0.639. The summed E-state index contributed by atoms with van der Waals surface area (Å²) in [6, 6.07) is 20.6. The quantitative estimate of drug-likeness (QED) is 0.569. The Kier molecular flexibility index (Phi) is 5.10. The molecule has 3 aromatic rings. The van der Waals surface area contributed by atoms with E-state index in [4.69, 9.17) is 16.0 Å². The molecule has 4 rings (SSSR count). The third-order valence-corrected chi connectivity index (χ3v) is 5.31. The molecule has 0 fully saturated rings. The zero-order valence-corrected chi connectivity index (χ0v) is 17.0.